The topological polar surface area (TPSA) is 57.5 Å². The zero-order valence-corrected chi connectivity index (χ0v) is 10.3. The molecule has 7 heteroatoms. The summed E-state index contributed by atoms with van der Waals surface area (Å²) in [7, 11) is 0. The molecule has 0 aliphatic carbocycles. The van der Waals surface area contributed by atoms with E-state index in [1.165, 1.54) is 0 Å². The number of carboxylic acids is 1. The standard InChI is InChI=1S/C14H8F4O3/c15-11-6-8(5-10(12(11)19)13(20)21)7-1-3-9(4-2-7)14(16,17)18/h1-6,19H,(H,20,21). The Bertz CT molecular complexity index is 691. The van der Waals surface area contributed by atoms with Gasteiger partial charge < -0.3 is 10.2 Å². The maximum atomic E-state index is 13.5. The number of carboxylic acid groups (broad SMARTS) is 1. The van der Waals surface area contributed by atoms with E-state index in [2.05, 4.69) is 0 Å². The first kappa shape index (κ1) is 14.8. The van der Waals surface area contributed by atoms with Gasteiger partial charge in [-0.3, -0.25) is 0 Å². The maximum Gasteiger partial charge on any atom is 0.416 e. The van der Waals surface area contributed by atoms with Gasteiger partial charge in [-0.05, 0) is 35.4 Å². The van der Waals surface area contributed by atoms with Crippen LogP contribution in [0.5, 0.6) is 5.75 Å². The molecule has 0 unspecified atom stereocenters. The lowest BCUT2D eigenvalue weighted by Crippen LogP contribution is -2.04. The average molecular weight is 300 g/mol. The van der Waals surface area contributed by atoms with Crippen LogP contribution in [0.15, 0.2) is 36.4 Å². The van der Waals surface area contributed by atoms with E-state index in [-0.39, 0.29) is 11.1 Å². The predicted octanol–water partition coefficient (Wildman–Crippen LogP) is 3.92. The van der Waals surface area contributed by atoms with Gasteiger partial charge in [0.1, 0.15) is 5.56 Å². The number of benzene rings is 2. The van der Waals surface area contributed by atoms with Gasteiger partial charge in [0.05, 0.1) is 5.56 Å². The predicted molar refractivity (Wildman–Crippen MR) is 65.5 cm³/mol. The molecular formula is C14H8F4O3. The third-order valence-electron chi connectivity index (χ3n) is 2.84. The van der Waals surface area contributed by atoms with Crippen molar-refractivity contribution in [3.05, 3.63) is 53.3 Å². The van der Waals surface area contributed by atoms with Crippen molar-refractivity contribution in [2.75, 3.05) is 0 Å². The summed E-state index contributed by atoms with van der Waals surface area (Å²) >= 11 is 0. The molecule has 0 saturated carbocycles. The third-order valence-corrected chi connectivity index (χ3v) is 2.84. The number of phenols is 1. The molecule has 21 heavy (non-hydrogen) atoms. The summed E-state index contributed by atoms with van der Waals surface area (Å²) in [6.07, 6.45) is -4.50. The monoisotopic (exact) mass is 300 g/mol. The van der Waals surface area contributed by atoms with Crippen LogP contribution in [0.2, 0.25) is 0 Å². The Labute approximate surface area is 116 Å². The molecular weight excluding hydrogens is 292 g/mol. The van der Waals surface area contributed by atoms with Crippen LogP contribution in [0.3, 0.4) is 0 Å². The molecule has 2 rings (SSSR count). The maximum absolute atomic E-state index is 13.5. The first-order chi connectivity index (χ1) is 9.70. The molecule has 0 aromatic heterocycles. The number of aromatic carboxylic acids is 1. The van der Waals surface area contributed by atoms with E-state index >= 15 is 0 Å². The summed E-state index contributed by atoms with van der Waals surface area (Å²) < 4.78 is 50.8. The molecule has 110 valence electrons. The van der Waals surface area contributed by atoms with Crippen molar-refractivity contribution in [3.63, 3.8) is 0 Å². The normalized spacial score (nSPS) is 11.4. The van der Waals surface area contributed by atoms with Crippen LogP contribution in [0.4, 0.5) is 17.6 Å². The van der Waals surface area contributed by atoms with Crippen molar-refractivity contribution in [2.45, 2.75) is 6.18 Å². The fraction of sp³-hybridized carbons (Fsp3) is 0.0714. The van der Waals surface area contributed by atoms with Gasteiger partial charge in [-0.2, -0.15) is 13.2 Å². The van der Waals surface area contributed by atoms with Gasteiger partial charge in [-0.1, -0.05) is 12.1 Å². The van der Waals surface area contributed by atoms with Crippen molar-refractivity contribution in [2.24, 2.45) is 0 Å². The van der Waals surface area contributed by atoms with Crippen molar-refractivity contribution in [3.8, 4) is 16.9 Å². The molecule has 0 spiro atoms. The van der Waals surface area contributed by atoms with Crippen LogP contribution in [0.25, 0.3) is 11.1 Å². The molecule has 0 bridgehead atoms. The van der Waals surface area contributed by atoms with E-state index in [1.54, 1.807) is 0 Å². The SMILES string of the molecule is O=C(O)c1cc(-c2ccc(C(F)(F)F)cc2)cc(F)c1O. The summed E-state index contributed by atoms with van der Waals surface area (Å²) in [5.41, 5.74) is -1.28. The molecule has 2 aromatic carbocycles. The minimum Gasteiger partial charge on any atom is -0.504 e. The van der Waals surface area contributed by atoms with E-state index in [9.17, 15) is 27.5 Å². The Kier molecular flexibility index (Phi) is 3.59. The summed E-state index contributed by atoms with van der Waals surface area (Å²) in [5, 5.41) is 18.1. The molecule has 0 radical (unpaired) electrons. The fourth-order valence-electron chi connectivity index (χ4n) is 1.78. The van der Waals surface area contributed by atoms with E-state index in [1.807, 2.05) is 0 Å². The largest absolute Gasteiger partial charge is 0.504 e. The van der Waals surface area contributed by atoms with E-state index in [0.717, 1.165) is 36.4 Å². The van der Waals surface area contributed by atoms with Gasteiger partial charge in [0.15, 0.2) is 11.6 Å². The second-order valence-electron chi connectivity index (χ2n) is 4.23. The van der Waals surface area contributed by atoms with Crippen molar-refractivity contribution in [1.29, 1.82) is 0 Å². The van der Waals surface area contributed by atoms with Gasteiger partial charge in [0.2, 0.25) is 0 Å². The van der Waals surface area contributed by atoms with Crippen LogP contribution in [0.1, 0.15) is 15.9 Å². The first-order valence-electron chi connectivity index (χ1n) is 5.63. The Balaban J connectivity index is 2.50. The highest BCUT2D eigenvalue weighted by Crippen LogP contribution is 2.33. The van der Waals surface area contributed by atoms with Crippen LogP contribution in [0, 0.1) is 5.82 Å². The molecule has 0 amide bonds. The lowest BCUT2D eigenvalue weighted by Gasteiger charge is -2.09. The Morgan fingerprint density at radius 2 is 1.57 bits per heavy atom. The Hall–Kier alpha value is -2.57. The number of alkyl halides is 3. The van der Waals surface area contributed by atoms with Gasteiger partial charge in [0, 0.05) is 0 Å². The first-order valence-corrected chi connectivity index (χ1v) is 5.63. The van der Waals surface area contributed by atoms with Crippen molar-refractivity contribution < 1.29 is 32.6 Å². The zero-order chi connectivity index (χ0) is 15.8. The van der Waals surface area contributed by atoms with Crippen LogP contribution >= 0.6 is 0 Å². The Morgan fingerprint density at radius 1 is 1.00 bits per heavy atom. The average Bonchev–Trinajstić information content (AvgIpc) is 2.40. The lowest BCUT2D eigenvalue weighted by molar-refractivity contribution is -0.137. The van der Waals surface area contributed by atoms with Crippen LogP contribution in [-0.4, -0.2) is 16.2 Å². The molecule has 0 heterocycles. The zero-order valence-electron chi connectivity index (χ0n) is 10.3. The molecule has 2 aromatic rings. The van der Waals surface area contributed by atoms with Crippen molar-refractivity contribution in [1.82, 2.24) is 0 Å². The van der Waals surface area contributed by atoms with Crippen LogP contribution in [-0.2, 0) is 6.18 Å². The minimum atomic E-state index is -4.50. The molecule has 0 aliphatic rings. The quantitative estimate of drug-likeness (QED) is 0.827. The molecule has 0 fully saturated rings. The lowest BCUT2D eigenvalue weighted by atomic mass is 10.0. The molecule has 0 aliphatic heterocycles. The summed E-state index contributed by atoms with van der Waals surface area (Å²) in [6.45, 7) is 0. The summed E-state index contributed by atoms with van der Waals surface area (Å²) in [4.78, 5) is 10.9. The van der Waals surface area contributed by atoms with E-state index in [4.69, 9.17) is 5.11 Å². The summed E-state index contributed by atoms with van der Waals surface area (Å²) in [6, 6.07) is 5.65. The second-order valence-corrected chi connectivity index (χ2v) is 4.23. The number of hydrogen-bond donors (Lipinski definition) is 2. The number of hydrogen-bond acceptors (Lipinski definition) is 2. The second kappa shape index (κ2) is 5.08. The fourth-order valence-corrected chi connectivity index (χ4v) is 1.78. The van der Waals surface area contributed by atoms with E-state index < -0.39 is 34.8 Å². The van der Waals surface area contributed by atoms with Crippen LogP contribution < -0.4 is 0 Å². The molecule has 0 atom stereocenters. The third kappa shape index (κ3) is 2.96. The molecule has 2 N–H and O–H groups in total. The van der Waals surface area contributed by atoms with Gasteiger partial charge in [0.25, 0.3) is 0 Å². The summed E-state index contributed by atoms with van der Waals surface area (Å²) in [5.74, 6) is -3.72. The number of rotatable bonds is 2. The number of halogens is 4. The minimum absolute atomic E-state index is 0.0522. The van der Waals surface area contributed by atoms with Gasteiger partial charge in [-0.15, -0.1) is 0 Å². The molecule has 3 nitrogen and oxygen atoms in total. The van der Waals surface area contributed by atoms with Gasteiger partial charge >= 0.3 is 12.1 Å². The highest BCUT2D eigenvalue weighted by molar-refractivity contribution is 5.92. The number of aromatic hydroxyl groups is 1. The van der Waals surface area contributed by atoms with Crippen molar-refractivity contribution >= 4 is 5.97 Å². The highest BCUT2D eigenvalue weighted by Gasteiger charge is 2.30. The highest BCUT2D eigenvalue weighted by atomic mass is 19.4. The number of carbonyl (C=O) groups is 1. The van der Waals surface area contributed by atoms with Gasteiger partial charge in [-0.25, -0.2) is 9.18 Å². The smallest absolute Gasteiger partial charge is 0.416 e. The molecule has 0 saturated heterocycles. The Morgan fingerprint density at radius 3 is 2.05 bits per heavy atom. The van der Waals surface area contributed by atoms with E-state index in [0.29, 0.717) is 0 Å².